The number of carbonyl (C=O) groups excluding carboxylic acids is 2. The number of hydrogen-bond acceptors (Lipinski definition) is 6. The molecule has 35 heavy (non-hydrogen) atoms. The second-order valence-electron chi connectivity index (χ2n) is 9.01. The molecule has 1 N–H and O–H groups in total. The molecule has 3 rings (SSSR count). The number of Topliss-reactive ketones (excluding diaryl/α,β-unsaturated/α-hetero) is 1. The van der Waals surface area contributed by atoms with E-state index in [1.54, 1.807) is 47.4 Å². The molecule has 0 aliphatic carbocycles. The van der Waals surface area contributed by atoms with Crippen LogP contribution in [-0.4, -0.2) is 66.5 Å². The molecule has 0 aromatic heterocycles. The lowest BCUT2D eigenvalue weighted by atomic mass is 9.95. The van der Waals surface area contributed by atoms with Gasteiger partial charge >= 0.3 is 0 Å². The Morgan fingerprint density at radius 1 is 1.09 bits per heavy atom. The van der Waals surface area contributed by atoms with E-state index in [1.807, 2.05) is 45.0 Å². The van der Waals surface area contributed by atoms with Gasteiger partial charge in [-0.2, -0.15) is 0 Å². The highest BCUT2D eigenvalue weighted by atomic mass is 16.5. The van der Waals surface area contributed by atoms with Crippen LogP contribution >= 0.6 is 0 Å². The van der Waals surface area contributed by atoms with Gasteiger partial charge in [-0.25, -0.2) is 0 Å². The van der Waals surface area contributed by atoms with Gasteiger partial charge in [0.05, 0.1) is 17.7 Å². The third-order valence-electron chi connectivity index (χ3n) is 5.61. The first-order valence-corrected chi connectivity index (χ1v) is 11.8. The molecule has 1 unspecified atom stereocenters. The van der Waals surface area contributed by atoms with Crippen LogP contribution in [-0.2, 0) is 9.59 Å². The van der Waals surface area contributed by atoms with E-state index in [4.69, 9.17) is 9.47 Å². The summed E-state index contributed by atoms with van der Waals surface area (Å²) in [6.45, 7) is 9.04. The normalized spacial score (nSPS) is 17.3. The maximum absolute atomic E-state index is 13.2. The minimum absolute atomic E-state index is 0.0142. The Labute approximate surface area is 207 Å². The van der Waals surface area contributed by atoms with Gasteiger partial charge in [-0.05, 0) is 82.9 Å². The fourth-order valence-corrected chi connectivity index (χ4v) is 4.04. The van der Waals surface area contributed by atoms with E-state index < -0.39 is 17.7 Å². The van der Waals surface area contributed by atoms with Crippen LogP contribution in [0.5, 0.6) is 11.5 Å². The summed E-state index contributed by atoms with van der Waals surface area (Å²) in [6, 6.07) is 13.4. The lowest BCUT2D eigenvalue weighted by Crippen LogP contribution is -2.32. The van der Waals surface area contributed by atoms with Gasteiger partial charge in [0.15, 0.2) is 0 Å². The number of carbonyl (C=O) groups is 2. The van der Waals surface area contributed by atoms with Gasteiger partial charge in [0, 0.05) is 12.1 Å². The van der Waals surface area contributed by atoms with E-state index in [0.717, 1.165) is 12.1 Å². The summed E-state index contributed by atoms with van der Waals surface area (Å²) < 4.78 is 11.2. The number of aliphatic hydroxyl groups is 1. The van der Waals surface area contributed by atoms with Crippen molar-refractivity contribution in [2.45, 2.75) is 32.4 Å². The lowest BCUT2D eigenvalue weighted by molar-refractivity contribution is -0.139. The van der Waals surface area contributed by atoms with Crippen molar-refractivity contribution in [3.05, 3.63) is 77.9 Å². The zero-order valence-electron chi connectivity index (χ0n) is 20.9. The van der Waals surface area contributed by atoms with E-state index in [9.17, 15) is 14.7 Å². The Bertz CT molecular complexity index is 1070. The van der Waals surface area contributed by atoms with Crippen molar-refractivity contribution in [1.82, 2.24) is 9.80 Å². The highest BCUT2D eigenvalue weighted by molar-refractivity contribution is 6.46. The number of amides is 1. The van der Waals surface area contributed by atoms with E-state index in [0.29, 0.717) is 36.6 Å². The second-order valence-corrected chi connectivity index (χ2v) is 9.01. The highest BCUT2D eigenvalue weighted by Crippen LogP contribution is 2.40. The number of benzene rings is 2. The SMILES string of the molecule is C=CCOc1ccc(C2/C(=C(\O)c3ccc(OC(C)C)cc3)C(=O)C(=O)N2CCCN(C)C)cc1. The second kappa shape index (κ2) is 11.7. The molecule has 1 atom stereocenters. The molecule has 1 fully saturated rings. The Morgan fingerprint density at radius 3 is 2.29 bits per heavy atom. The molecule has 0 bridgehead atoms. The first-order chi connectivity index (χ1) is 16.7. The molecule has 1 aliphatic rings. The minimum Gasteiger partial charge on any atom is -0.507 e. The average Bonchev–Trinajstić information content (AvgIpc) is 3.07. The molecule has 1 heterocycles. The first kappa shape index (κ1) is 26.0. The summed E-state index contributed by atoms with van der Waals surface area (Å²) in [6.07, 6.45) is 2.36. The number of rotatable bonds is 11. The molecule has 2 aromatic carbocycles. The van der Waals surface area contributed by atoms with Gasteiger partial charge in [0.25, 0.3) is 11.7 Å². The third-order valence-corrected chi connectivity index (χ3v) is 5.61. The quantitative estimate of drug-likeness (QED) is 0.223. The largest absolute Gasteiger partial charge is 0.507 e. The zero-order chi connectivity index (χ0) is 25.5. The van der Waals surface area contributed by atoms with E-state index in [2.05, 4.69) is 6.58 Å². The smallest absolute Gasteiger partial charge is 0.295 e. The number of nitrogens with zero attached hydrogens (tertiary/aromatic N) is 2. The molecule has 1 amide bonds. The Kier molecular flexibility index (Phi) is 8.71. The molecule has 0 spiro atoms. The number of likely N-dealkylation sites (tertiary alicyclic amines) is 1. The van der Waals surface area contributed by atoms with Gasteiger partial charge in [0.2, 0.25) is 0 Å². The number of ether oxygens (including phenoxy) is 2. The van der Waals surface area contributed by atoms with Crippen LogP contribution in [0.1, 0.15) is 37.4 Å². The summed E-state index contributed by atoms with van der Waals surface area (Å²) in [7, 11) is 3.92. The molecule has 1 saturated heterocycles. The van der Waals surface area contributed by atoms with Crippen molar-refractivity contribution in [3.8, 4) is 11.5 Å². The van der Waals surface area contributed by atoms with Crippen LogP contribution in [0.25, 0.3) is 5.76 Å². The van der Waals surface area contributed by atoms with Crippen molar-refractivity contribution in [3.63, 3.8) is 0 Å². The van der Waals surface area contributed by atoms with Crippen LogP contribution in [0.2, 0.25) is 0 Å². The minimum atomic E-state index is -0.697. The number of hydrogen-bond donors (Lipinski definition) is 1. The monoisotopic (exact) mass is 478 g/mol. The number of ketones is 1. The van der Waals surface area contributed by atoms with E-state index in [1.165, 1.54) is 0 Å². The standard InChI is InChI=1S/C28H34N2O5/c1-6-18-34-22-12-8-20(9-13-22)25-24(27(32)28(33)30(25)17-7-16-29(4)5)26(31)21-10-14-23(15-11-21)35-19(2)3/h6,8-15,19,25,31H,1,7,16-18H2,2-5H3/b26-24+. The van der Waals surface area contributed by atoms with Crippen molar-refractivity contribution in [2.75, 3.05) is 33.8 Å². The number of aliphatic hydroxyl groups excluding tert-OH is 1. The highest BCUT2D eigenvalue weighted by Gasteiger charge is 2.45. The Morgan fingerprint density at radius 2 is 1.71 bits per heavy atom. The van der Waals surface area contributed by atoms with Gasteiger partial charge in [0.1, 0.15) is 23.9 Å². The zero-order valence-corrected chi connectivity index (χ0v) is 20.9. The molecule has 0 saturated carbocycles. The molecular weight excluding hydrogens is 444 g/mol. The van der Waals surface area contributed by atoms with Crippen LogP contribution in [0.4, 0.5) is 0 Å². The van der Waals surface area contributed by atoms with Crippen molar-refractivity contribution in [2.24, 2.45) is 0 Å². The molecule has 1 aliphatic heterocycles. The molecule has 7 nitrogen and oxygen atoms in total. The Balaban J connectivity index is 2.01. The van der Waals surface area contributed by atoms with Gasteiger partial charge < -0.3 is 24.4 Å². The van der Waals surface area contributed by atoms with Crippen LogP contribution in [0.15, 0.2) is 66.8 Å². The third kappa shape index (κ3) is 6.31. The molecular formula is C28H34N2O5. The molecule has 0 radical (unpaired) electrons. The maximum Gasteiger partial charge on any atom is 0.295 e. The van der Waals surface area contributed by atoms with Crippen LogP contribution in [0.3, 0.4) is 0 Å². The fraction of sp³-hybridized carbons (Fsp3) is 0.357. The average molecular weight is 479 g/mol. The summed E-state index contributed by atoms with van der Waals surface area (Å²) in [5.41, 5.74) is 1.25. The molecule has 2 aromatic rings. The van der Waals surface area contributed by atoms with Crippen molar-refractivity contribution in [1.29, 1.82) is 0 Å². The molecule has 186 valence electrons. The summed E-state index contributed by atoms with van der Waals surface area (Å²) in [5.74, 6) is -0.188. The maximum atomic E-state index is 13.2. The predicted octanol–water partition coefficient (Wildman–Crippen LogP) is 4.41. The van der Waals surface area contributed by atoms with Crippen LogP contribution < -0.4 is 9.47 Å². The first-order valence-electron chi connectivity index (χ1n) is 11.8. The van der Waals surface area contributed by atoms with Gasteiger partial charge in [-0.3, -0.25) is 9.59 Å². The lowest BCUT2D eigenvalue weighted by Gasteiger charge is -2.26. The van der Waals surface area contributed by atoms with Gasteiger partial charge in [-0.1, -0.05) is 24.8 Å². The van der Waals surface area contributed by atoms with E-state index in [-0.39, 0.29) is 17.4 Å². The fourth-order valence-electron chi connectivity index (χ4n) is 4.04. The predicted molar refractivity (Wildman–Crippen MR) is 137 cm³/mol. The summed E-state index contributed by atoms with van der Waals surface area (Å²) in [4.78, 5) is 29.8. The summed E-state index contributed by atoms with van der Waals surface area (Å²) in [5, 5.41) is 11.2. The van der Waals surface area contributed by atoms with Crippen molar-refractivity contribution < 1.29 is 24.2 Å². The molecule has 7 heteroatoms. The van der Waals surface area contributed by atoms with Crippen molar-refractivity contribution >= 4 is 17.4 Å². The van der Waals surface area contributed by atoms with E-state index >= 15 is 0 Å². The van der Waals surface area contributed by atoms with Crippen LogP contribution in [0, 0.1) is 0 Å². The Hall–Kier alpha value is -3.58. The van der Waals surface area contributed by atoms with Gasteiger partial charge in [-0.15, -0.1) is 0 Å². The summed E-state index contributed by atoms with van der Waals surface area (Å²) >= 11 is 0. The topological polar surface area (TPSA) is 79.3 Å².